The maximum Gasteiger partial charge on any atom is 0.197 e. The lowest BCUT2D eigenvalue weighted by Crippen LogP contribution is -2.49. The second-order valence-electron chi connectivity index (χ2n) is 16.0. The molecule has 0 aromatic heterocycles. The van der Waals surface area contributed by atoms with Gasteiger partial charge in [0.1, 0.15) is 11.5 Å². The lowest BCUT2D eigenvalue weighted by molar-refractivity contribution is 0.0124. The summed E-state index contributed by atoms with van der Waals surface area (Å²) >= 11 is 0. The van der Waals surface area contributed by atoms with E-state index >= 15 is 0 Å². The van der Waals surface area contributed by atoms with Crippen LogP contribution in [0.15, 0.2) is 72.2 Å². The van der Waals surface area contributed by atoms with E-state index in [1.807, 2.05) is 18.3 Å². The number of fused-ring (bicyclic) bond motifs is 1. The molecule has 3 saturated carbocycles. The summed E-state index contributed by atoms with van der Waals surface area (Å²) < 4.78 is 6.18. The highest BCUT2D eigenvalue weighted by atomic mass is 16.5. The molecule has 1 aromatic carbocycles. The quantitative estimate of drug-likeness (QED) is 0.109. The number of hydrogen-bond donors (Lipinski definition) is 5. The number of rotatable bonds is 16. The Kier molecular flexibility index (Phi) is 16.5. The van der Waals surface area contributed by atoms with Crippen LogP contribution in [0.5, 0.6) is 5.75 Å². The van der Waals surface area contributed by atoms with Gasteiger partial charge in [-0.3, -0.25) is 0 Å². The minimum Gasteiger partial charge on any atom is -0.458 e. The molecule has 0 saturated heterocycles. The fourth-order valence-electron chi connectivity index (χ4n) is 9.00. The molecule has 0 spiro atoms. The van der Waals surface area contributed by atoms with Crippen molar-refractivity contribution in [1.82, 2.24) is 15.5 Å². The third kappa shape index (κ3) is 13.0. The SMILES string of the molecule is C=C(CCC1CC(O)CC(O)C1)NCCCCCC(C1CCCCC1)N1Cc2cc(OC3=CCCC=C3)ccc2N=C1N.C=CNC1CCCCC1. The molecule has 0 bridgehead atoms. The highest BCUT2D eigenvalue weighted by molar-refractivity contribution is 5.84. The van der Waals surface area contributed by atoms with E-state index in [0.29, 0.717) is 30.3 Å². The van der Waals surface area contributed by atoms with E-state index in [0.717, 1.165) is 93.4 Å². The van der Waals surface area contributed by atoms with E-state index < -0.39 is 0 Å². The molecule has 8 heteroatoms. The van der Waals surface area contributed by atoms with Crippen LogP contribution < -0.4 is 21.1 Å². The van der Waals surface area contributed by atoms with E-state index in [9.17, 15) is 10.2 Å². The minimum atomic E-state index is -0.359. The molecule has 6 N–H and O–H groups in total. The van der Waals surface area contributed by atoms with Gasteiger partial charge >= 0.3 is 0 Å². The number of aliphatic hydroxyl groups is 2. The van der Waals surface area contributed by atoms with Crippen LogP contribution in [0.3, 0.4) is 0 Å². The van der Waals surface area contributed by atoms with Crippen molar-refractivity contribution in [2.45, 2.75) is 166 Å². The van der Waals surface area contributed by atoms with Crippen molar-refractivity contribution in [3.05, 3.63) is 72.8 Å². The second-order valence-corrected chi connectivity index (χ2v) is 16.0. The molecule has 3 fully saturated rings. The van der Waals surface area contributed by atoms with Gasteiger partial charge in [-0.15, -0.1) is 0 Å². The molecular weight excluding hydrogens is 647 g/mol. The molecule has 52 heavy (non-hydrogen) atoms. The summed E-state index contributed by atoms with van der Waals surface area (Å²) in [6, 6.07) is 7.34. The number of aliphatic hydroxyl groups excluding tert-OH is 2. The van der Waals surface area contributed by atoms with E-state index in [1.54, 1.807) is 0 Å². The van der Waals surface area contributed by atoms with Crippen molar-refractivity contribution < 1.29 is 14.9 Å². The number of nitrogens with zero attached hydrogens (tertiary/aromatic N) is 2. The average Bonchev–Trinajstić information content (AvgIpc) is 3.15. The number of hydrogen-bond acceptors (Lipinski definition) is 8. The first kappa shape index (κ1) is 40.0. The third-order valence-corrected chi connectivity index (χ3v) is 11.8. The molecule has 288 valence electrons. The normalized spacial score (nSPS) is 24.3. The van der Waals surface area contributed by atoms with Gasteiger partial charge in [-0.05, 0) is 132 Å². The molecule has 0 radical (unpaired) electrons. The fraction of sp³-hybridized carbons (Fsp3) is 0.659. The van der Waals surface area contributed by atoms with E-state index in [4.69, 9.17) is 15.5 Å². The molecule has 1 aromatic rings. The number of benzene rings is 1. The Bertz CT molecular complexity index is 1340. The zero-order valence-corrected chi connectivity index (χ0v) is 32.0. The number of unbranched alkanes of at least 4 members (excludes halogenated alkanes) is 2. The number of aliphatic imine (C=N–C) groups is 1. The Morgan fingerprint density at radius 3 is 2.44 bits per heavy atom. The number of nitrogens with two attached hydrogens (primary N) is 1. The lowest BCUT2D eigenvalue weighted by Gasteiger charge is -2.41. The topological polar surface area (TPSA) is 115 Å². The van der Waals surface area contributed by atoms with E-state index in [1.165, 1.54) is 82.6 Å². The first-order chi connectivity index (χ1) is 25.4. The molecular formula is C44H69N5O3. The first-order valence-electron chi connectivity index (χ1n) is 20.8. The van der Waals surface area contributed by atoms with E-state index in [2.05, 4.69) is 53.0 Å². The molecule has 3 unspecified atom stereocenters. The highest BCUT2D eigenvalue weighted by Gasteiger charge is 2.32. The number of ether oxygens (including phenoxy) is 1. The van der Waals surface area contributed by atoms with Gasteiger partial charge < -0.3 is 36.2 Å². The first-order valence-corrected chi connectivity index (χ1v) is 20.8. The van der Waals surface area contributed by atoms with Crippen LogP contribution in [-0.2, 0) is 6.54 Å². The summed E-state index contributed by atoms with van der Waals surface area (Å²) in [7, 11) is 0. The van der Waals surface area contributed by atoms with Crippen molar-refractivity contribution in [2.75, 3.05) is 6.54 Å². The second kappa shape index (κ2) is 21.5. The van der Waals surface area contributed by atoms with Crippen LogP contribution in [0, 0.1) is 11.8 Å². The van der Waals surface area contributed by atoms with Crippen LogP contribution in [0.2, 0.25) is 0 Å². The number of guanidine groups is 1. The van der Waals surface area contributed by atoms with Crippen molar-refractivity contribution in [3.8, 4) is 5.75 Å². The number of nitrogens with one attached hydrogen (secondary N) is 2. The molecule has 1 aliphatic heterocycles. The molecule has 3 atom stereocenters. The van der Waals surface area contributed by atoms with Crippen LogP contribution in [-0.4, -0.2) is 51.9 Å². The summed E-state index contributed by atoms with van der Waals surface area (Å²) in [4.78, 5) is 7.25. The van der Waals surface area contributed by atoms with Gasteiger partial charge in [-0.25, -0.2) is 4.99 Å². The Hall–Kier alpha value is -3.23. The molecule has 1 heterocycles. The van der Waals surface area contributed by atoms with Gasteiger partial charge in [0.05, 0.1) is 17.9 Å². The van der Waals surface area contributed by atoms with Crippen LogP contribution in [0.1, 0.15) is 140 Å². The summed E-state index contributed by atoms with van der Waals surface area (Å²) in [6.45, 7) is 9.60. The van der Waals surface area contributed by atoms with Gasteiger partial charge in [0, 0.05) is 36.4 Å². The van der Waals surface area contributed by atoms with E-state index in [-0.39, 0.29) is 12.2 Å². The van der Waals surface area contributed by atoms with Gasteiger partial charge in [0.2, 0.25) is 0 Å². The third-order valence-electron chi connectivity index (χ3n) is 11.8. The molecule has 6 rings (SSSR count). The maximum atomic E-state index is 9.95. The van der Waals surface area contributed by atoms with Gasteiger partial charge in [-0.1, -0.05) is 70.6 Å². The zero-order chi connectivity index (χ0) is 36.5. The highest BCUT2D eigenvalue weighted by Crippen LogP contribution is 2.37. The molecule has 8 nitrogen and oxygen atoms in total. The number of allylic oxidation sites excluding steroid dienone is 4. The maximum absolute atomic E-state index is 9.95. The lowest BCUT2D eigenvalue weighted by atomic mass is 9.81. The van der Waals surface area contributed by atoms with Crippen molar-refractivity contribution in [3.63, 3.8) is 0 Å². The Morgan fingerprint density at radius 2 is 1.73 bits per heavy atom. The van der Waals surface area contributed by atoms with Crippen LogP contribution >= 0.6 is 0 Å². The summed E-state index contributed by atoms with van der Waals surface area (Å²) in [6.07, 6.45) is 31.6. The van der Waals surface area contributed by atoms with Gasteiger partial charge in [-0.2, -0.15) is 0 Å². The predicted molar refractivity (Wildman–Crippen MR) is 215 cm³/mol. The Morgan fingerprint density at radius 1 is 0.981 bits per heavy atom. The summed E-state index contributed by atoms with van der Waals surface area (Å²) in [5, 5.41) is 26.7. The predicted octanol–water partition coefficient (Wildman–Crippen LogP) is 9.03. The van der Waals surface area contributed by atoms with Crippen molar-refractivity contribution in [2.24, 2.45) is 22.6 Å². The summed E-state index contributed by atoms with van der Waals surface area (Å²) in [5.74, 6) is 3.49. The smallest absolute Gasteiger partial charge is 0.197 e. The zero-order valence-electron chi connectivity index (χ0n) is 32.0. The van der Waals surface area contributed by atoms with Gasteiger partial charge in [0.15, 0.2) is 5.96 Å². The molecule has 5 aliphatic rings. The van der Waals surface area contributed by atoms with Crippen LogP contribution in [0.4, 0.5) is 5.69 Å². The monoisotopic (exact) mass is 716 g/mol. The van der Waals surface area contributed by atoms with Crippen molar-refractivity contribution >= 4 is 11.6 Å². The molecule has 4 aliphatic carbocycles. The Labute approximate surface area is 314 Å². The van der Waals surface area contributed by atoms with Crippen LogP contribution in [0.25, 0.3) is 0 Å². The fourth-order valence-corrected chi connectivity index (χ4v) is 9.00. The average molecular weight is 716 g/mol. The van der Waals surface area contributed by atoms with Crippen molar-refractivity contribution in [1.29, 1.82) is 0 Å². The summed E-state index contributed by atoms with van der Waals surface area (Å²) in [5.41, 5.74) is 9.87. The largest absolute Gasteiger partial charge is 0.458 e. The van der Waals surface area contributed by atoms with Gasteiger partial charge in [0.25, 0.3) is 0 Å². The molecule has 0 amide bonds. The minimum absolute atomic E-state index is 0.359. The Balaban J connectivity index is 0.000000507. The standard InChI is InChI=1S/C36H54N4O3.C8H15N/c1-26(16-17-27-21-30(41)24-31(42)22-27)38-20-10-4-9-15-35(28-11-5-2-6-12-28)40-25-29-23-33(18-19-34(29)39-36(40)37)43-32-13-7-3-8-14-32;1-2-9-8-6-4-3-5-7-8/h7,13-14,18-19,23,27-28,30-31,35,38,41-42H,1-6,8-12,15-17,20-22,24-25H2,(H2,37,39);2,8-9H,1,3-7H2.